The molecule has 4 nitrogen and oxygen atoms in total. The van der Waals surface area contributed by atoms with E-state index in [4.69, 9.17) is 5.73 Å². The van der Waals surface area contributed by atoms with E-state index < -0.39 is 54.1 Å². The summed E-state index contributed by atoms with van der Waals surface area (Å²) in [5.41, 5.74) is 2.67. The second-order valence-electron chi connectivity index (χ2n) is 5.50. The van der Waals surface area contributed by atoms with Crippen molar-refractivity contribution in [1.29, 1.82) is 0 Å². The van der Waals surface area contributed by atoms with Crippen LogP contribution in [0.5, 0.6) is 0 Å². The first-order valence-corrected chi connectivity index (χ1v) is 6.86. The molecule has 1 aliphatic heterocycles. The number of nitrogens with two attached hydrogens (primary N) is 1. The van der Waals surface area contributed by atoms with Gasteiger partial charge < -0.3 is 15.2 Å². The average molecular weight is 374 g/mol. The summed E-state index contributed by atoms with van der Waals surface area (Å²) in [7, 11) is 0. The topological polar surface area (TPSA) is 56.8 Å². The first-order chi connectivity index (χ1) is 11.3. The van der Waals surface area contributed by atoms with Crippen molar-refractivity contribution in [2.75, 3.05) is 6.61 Å². The quantitative estimate of drug-likeness (QED) is 0.827. The van der Waals surface area contributed by atoms with Gasteiger partial charge in [0.1, 0.15) is 24.1 Å². The molecule has 25 heavy (non-hydrogen) atoms. The molecule has 2 N–H and O–H groups in total. The van der Waals surface area contributed by atoms with Crippen molar-refractivity contribution in [3.05, 3.63) is 35.6 Å². The van der Waals surface area contributed by atoms with Crippen LogP contribution in [-0.2, 0) is 15.0 Å². The molecular formula is C14H13F7N2O2. The molecule has 0 aliphatic carbocycles. The zero-order valence-electron chi connectivity index (χ0n) is 12.7. The molecule has 0 spiro atoms. The predicted molar refractivity (Wildman–Crippen MR) is 72.1 cm³/mol. The van der Waals surface area contributed by atoms with Crippen LogP contribution in [0.4, 0.5) is 30.7 Å². The van der Waals surface area contributed by atoms with Gasteiger partial charge in [-0.05, 0) is 13.0 Å². The van der Waals surface area contributed by atoms with Crippen LogP contribution in [0.1, 0.15) is 12.5 Å². The van der Waals surface area contributed by atoms with Crippen molar-refractivity contribution in [3.8, 4) is 0 Å². The Morgan fingerprint density at radius 3 is 2.32 bits per heavy atom. The number of benzene rings is 1. The monoisotopic (exact) mass is 374 g/mol. The number of hydrogen-bond donors (Lipinski definition) is 1. The standard InChI is InChI=1S/C14H13F7N2O2/c1-12(7-4-2-3-5-8(7)15)9(24-6-13(16,17)18)10(14(19,20)21)25-11(22)23-12/h2-5,9-10H,6H2,1H3,(H2,22,23)/t9-,10-,12+/m0/s1. The third kappa shape index (κ3) is 4.14. The van der Waals surface area contributed by atoms with E-state index >= 15 is 0 Å². The molecule has 0 saturated heterocycles. The molecule has 0 aromatic heterocycles. The van der Waals surface area contributed by atoms with Gasteiger partial charge in [-0.1, -0.05) is 18.2 Å². The molecule has 0 radical (unpaired) electrons. The normalized spacial score (nSPS) is 27.6. The van der Waals surface area contributed by atoms with Crippen LogP contribution in [0, 0.1) is 5.82 Å². The highest BCUT2D eigenvalue weighted by Crippen LogP contribution is 2.43. The van der Waals surface area contributed by atoms with Crippen LogP contribution in [0.15, 0.2) is 29.3 Å². The molecule has 0 fully saturated rings. The van der Waals surface area contributed by atoms with Gasteiger partial charge >= 0.3 is 12.4 Å². The highest BCUT2D eigenvalue weighted by atomic mass is 19.4. The third-order valence-electron chi connectivity index (χ3n) is 3.59. The molecule has 1 heterocycles. The minimum Gasteiger partial charge on any atom is -0.449 e. The van der Waals surface area contributed by atoms with Crippen molar-refractivity contribution in [2.45, 2.75) is 37.0 Å². The fraction of sp³-hybridized carbons (Fsp3) is 0.500. The number of hydrogen-bond acceptors (Lipinski definition) is 4. The molecule has 0 amide bonds. The molecule has 11 heteroatoms. The van der Waals surface area contributed by atoms with Crippen molar-refractivity contribution >= 4 is 6.02 Å². The van der Waals surface area contributed by atoms with Gasteiger partial charge in [0.2, 0.25) is 6.10 Å². The van der Waals surface area contributed by atoms with Crippen LogP contribution in [-0.4, -0.2) is 37.2 Å². The minimum atomic E-state index is -5.12. The molecule has 1 aliphatic rings. The highest BCUT2D eigenvalue weighted by molar-refractivity contribution is 5.73. The molecule has 2 rings (SSSR count). The molecule has 3 atom stereocenters. The number of halogens is 7. The average Bonchev–Trinajstić information content (AvgIpc) is 2.43. The number of aliphatic imine (C=N–C) groups is 1. The van der Waals surface area contributed by atoms with E-state index in [1.807, 2.05) is 0 Å². The summed E-state index contributed by atoms with van der Waals surface area (Å²) in [4.78, 5) is 3.63. The maximum atomic E-state index is 14.1. The van der Waals surface area contributed by atoms with Crippen LogP contribution in [0.3, 0.4) is 0 Å². The number of amidine groups is 1. The first-order valence-electron chi connectivity index (χ1n) is 6.86. The summed E-state index contributed by atoms with van der Waals surface area (Å²) in [5.74, 6) is -0.968. The zero-order valence-corrected chi connectivity index (χ0v) is 12.7. The Morgan fingerprint density at radius 1 is 1.20 bits per heavy atom. The molecule has 1 aromatic rings. The Labute approximate surface area is 137 Å². The number of rotatable bonds is 3. The lowest BCUT2D eigenvalue weighted by Crippen LogP contribution is -2.58. The van der Waals surface area contributed by atoms with Crippen LogP contribution in [0.25, 0.3) is 0 Å². The highest BCUT2D eigenvalue weighted by Gasteiger charge is 2.59. The van der Waals surface area contributed by atoms with Gasteiger partial charge in [-0.2, -0.15) is 26.3 Å². The van der Waals surface area contributed by atoms with Gasteiger partial charge in [-0.3, -0.25) is 0 Å². The SMILES string of the molecule is C[C@]1(c2ccccc2F)N=C(N)O[C@H](C(F)(F)F)[C@@H]1OCC(F)(F)F. The molecular weight excluding hydrogens is 361 g/mol. The van der Waals surface area contributed by atoms with E-state index in [9.17, 15) is 30.7 Å². The Kier molecular flexibility index (Phi) is 4.90. The lowest BCUT2D eigenvalue weighted by atomic mass is 9.82. The number of nitrogens with zero attached hydrogens (tertiary/aromatic N) is 1. The summed E-state index contributed by atoms with van der Waals surface area (Å²) in [6.07, 6.45) is -15.2. The van der Waals surface area contributed by atoms with Gasteiger partial charge in [-0.25, -0.2) is 9.38 Å². The molecule has 0 saturated carbocycles. The zero-order chi connectivity index (χ0) is 19.0. The van der Waals surface area contributed by atoms with E-state index in [0.29, 0.717) is 0 Å². The maximum Gasteiger partial charge on any atom is 0.428 e. The van der Waals surface area contributed by atoms with E-state index in [0.717, 1.165) is 19.1 Å². The summed E-state index contributed by atoms with van der Waals surface area (Å²) < 4.78 is 100. The van der Waals surface area contributed by atoms with Gasteiger partial charge in [0.05, 0.1) is 0 Å². The van der Waals surface area contributed by atoms with Crippen molar-refractivity contribution in [3.63, 3.8) is 0 Å². The van der Waals surface area contributed by atoms with E-state index in [2.05, 4.69) is 14.5 Å². The van der Waals surface area contributed by atoms with Crippen LogP contribution in [0.2, 0.25) is 0 Å². The number of ether oxygens (including phenoxy) is 2. The Hall–Kier alpha value is -2.04. The Balaban J connectivity index is 2.56. The van der Waals surface area contributed by atoms with Gasteiger partial charge in [0.25, 0.3) is 6.02 Å². The van der Waals surface area contributed by atoms with Crippen LogP contribution < -0.4 is 5.73 Å². The lowest BCUT2D eigenvalue weighted by Gasteiger charge is -2.42. The maximum absolute atomic E-state index is 14.1. The summed E-state index contributed by atoms with van der Waals surface area (Å²) in [6, 6.07) is 3.66. The first kappa shape index (κ1) is 19.3. The van der Waals surface area contributed by atoms with Crippen molar-refractivity contribution in [1.82, 2.24) is 0 Å². The van der Waals surface area contributed by atoms with E-state index in [-0.39, 0.29) is 0 Å². The largest absolute Gasteiger partial charge is 0.449 e. The van der Waals surface area contributed by atoms with Crippen LogP contribution >= 0.6 is 0 Å². The third-order valence-corrected chi connectivity index (χ3v) is 3.59. The Bertz CT molecular complexity index is 659. The second-order valence-corrected chi connectivity index (χ2v) is 5.50. The molecule has 1 aromatic carbocycles. The molecule has 140 valence electrons. The Morgan fingerprint density at radius 2 is 1.80 bits per heavy atom. The van der Waals surface area contributed by atoms with Crippen molar-refractivity contribution < 1.29 is 40.2 Å². The fourth-order valence-electron chi connectivity index (χ4n) is 2.56. The second kappa shape index (κ2) is 6.36. The summed E-state index contributed by atoms with van der Waals surface area (Å²) in [6.45, 7) is -0.992. The summed E-state index contributed by atoms with van der Waals surface area (Å²) >= 11 is 0. The van der Waals surface area contributed by atoms with E-state index in [1.165, 1.54) is 12.1 Å². The molecule has 0 unspecified atom stereocenters. The molecule has 0 bridgehead atoms. The number of alkyl halides is 6. The van der Waals surface area contributed by atoms with Gasteiger partial charge in [0, 0.05) is 5.56 Å². The predicted octanol–water partition coefficient (Wildman–Crippen LogP) is 3.26. The van der Waals surface area contributed by atoms with E-state index in [1.54, 1.807) is 0 Å². The van der Waals surface area contributed by atoms with Crippen molar-refractivity contribution in [2.24, 2.45) is 10.7 Å². The summed E-state index contributed by atoms with van der Waals surface area (Å²) in [5, 5.41) is 0. The van der Waals surface area contributed by atoms with Gasteiger partial charge in [0.15, 0.2) is 0 Å². The smallest absolute Gasteiger partial charge is 0.428 e. The van der Waals surface area contributed by atoms with Gasteiger partial charge in [-0.15, -0.1) is 0 Å². The lowest BCUT2D eigenvalue weighted by molar-refractivity contribution is -0.266. The minimum absolute atomic E-state index is 0.400. The fourth-order valence-corrected chi connectivity index (χ4v) is 2.56.